The number of aryl methyl sites for hydroxylation is 2. The Morgan fingerprint density at radius 1 is 0.842 bits per heavy atom. The molecule has 0 saturated heterocycles. The lowest BCUT2D eigenvalue weighted by molar-refractivity contribution is 0.282. The van der Waals surface area contributed by atoms with E-state index in [1.807, 2.05) is 62.4 Å². The lowest BCUT2D eigenvalue weighted by atomic mass is 9.98. The normalized spacial score (nSPS) is 11.1. The van der Waals surface area contributed by atoms with Gasteiger partial charge < -0.3 is 5.11 Å². The van der Waals surface area contributed by atoms with Crippen LogP contribution in [-0.2, 0) is 32.4 Å². The summed E-state index contributed by atoms with van der Waals surface area (Å²) in [4.78, 5) is 18.7. The van der Waals surface area contributed by atoms with Crippen LogP contribution < -0.4 is 5.56 Å². The summed E-state index contributed by atoms with van der Waals surface area (Å²) in [5, 5.41) is 23.6. The van der Waals surface area contributed by atoms with Gasteiger partial charge in [-0.2, -0.15) is 0 Å². The Labute approximate surface area is 221 Å². The van der Waals surface area contributed by atoms with E-state index in [0.717, 1.165) is 50.5 Å². The van der Waals surface area contributed by atoms with Crippen LogP contribution in [0.3, 0.4) is 0 Å². The molecule has 0 unspecified atom stereocenters. The summed E-state index contributed by atoms with van der Waals surface area (Å²) in [6, 6.07) is 23.9. The molecule has 0 atom stereocenters. The Kier molecular flexibility index (Phi) is 7.51. The number of aliphatic hydroxyl groups excluding tert-OH is 1. The highest BCUT2D eigenvalue weighted by Crippen LogP contribution is 2.29. The number of nitrogens with one attached hydrogen (secondary N) is 1. The molecule has 0 bridgehead atoms. The fourth-order valence-electron chi connectivity index (χ4n) is 4.74. The van der Waals surface area contributed by atoms with Crippen LogP contribution in [0.2, 0.25) is 0 Å². The molecule has 0 aliphatic rings. The zero-order valence-corrected chi connectivity index (χ0v) is 21.6. The zero-order valence-electron chi connectivity index (χ0n) is 21.6. The Hall–Kier alpha value is -4.43. The standard InChI is InChI=1S/C30H30N6O2/c1-3-27-26(17-20-9-11-22(19-37)12-10-20)30(38)36(28(4-2)31-27)18-21-13-15-23(16-14-21)24-7-5-6-8-25(24)29-32-34-35-33-29/h5-16,37H,3-4,17-19H2,1-2H3,(H,32,33,34,35). The number of aromatic nitrogens is 6. The Bertz CT molecular complexity index is 1570. The van der Waals surface area contributed by atoms with Gasteiger partial charge in [-0.1, -0.05) is 86.6 Å². The first kappa shape index (κ1) is 25.2. The van der Waals surface area contributed by atoms with E-state index in [1.54, 1.807) is 4.57 Å². The van der Waals surface area contributed by atoms with Crippen LogP contribution in [0.4, 0.5) is 0 Å². The summed E-state index contributed by atoms with van der Waals surface area (Å²) < 4.78 is 1.81. The lowest BCUT2D eigenvalue weighted by Crippen LogP contribution is -2.30. The van der Waals surface area contributed by atoms with Crippen molar-refractivity contribution in [2.45, 2.75) is 46.3 Å². The van der Waals surface area contributed by atoms with Gasteiger partial charge in [0.25, 0.3) is 5.56 Å². The van der Waals surface area contributed by atoms with Crippen LogP contribution in [0.5, 0.6) is 0 Å². The maximum absolute atomic E-state index is 13.8. The average molecular weight is 507 g/mol. The van der Waals surface area contributed by atoms with Gasteiger partial charge in [0.05, 0.1) is 18.8 Å². The summed E-state index contributed by atoms with van der Waals surface area (Å²) in [6.07, 6.45) is 1.88. The molecular weight excluding hydrogens is 476 g/mol. The molecular formula is C30H30N6O2. The molecule has 38 heavy (non-hydrogen) atoms. The van der Waals surface area contributed by atoms with E-state index in [0.29, 0.717) is 31.6 Å². The average Bonchev–Trinajstić information content (AvgIpc) is 3.51. The number of hydrogen-bond acceptors (Lipinski definition) is 6. The lowest BCUT2D eigenvalue weighted by Gasteiger charge is -2.17. The first-order valence-corrected chi connectivity index (χ1v) is 12.8. The molecule has 8 heteroatoms. The van der Waals surface area contributed by atoms with E-state index < -0.39 is 0 Å². The number of hydrogen-bond donors (Lipinski definition) is 2. The number of rotatable bonds is 9. The topological polar surface area (TPSA) is 110 Å². The van der Waals surface area contributed by atoms with Gasteiger partial charge in [-0.3, -0.25) is 9.36 Å². The van der Waals surface area contributed by atoms with E-state index >= 15 is 0 Å². The monoisotopic (exact) mass is 506 g/mol. The first-order valence-electron chi connectivity index (χ1n) is 12.8. The van der Waals surface area contributed by atoms with E-state index in [-0.39, 0.29) is 12.2 Å². The van der Waals surface area contributed by atoms with Crippen LogP contribution in [0.15, 0.2) is 77.6 Å². The molecule has 192 valence electrons. The fraction of sp³-hybridized carbons (Fsp3) is 0.233. The zero-order chi connectivity index (χ0) is 26.5. The quantitative estimate of drug-likeness (QED) is 0.308. The molecule has 0 aliphatic carbocycles. The SMILES string of the molecule is CCc1nc(CC)n(Cc2ccc(-c3ccccc3-c3nnn[nH]3)cc2)c(=O)c1Cc1ccc(CO)cc1. The predicted octanol–water partition coefficient (Wildman–Crippen LogP) is 4.35. The van der Waals surface area contributed by atoms with Gasteiger partial charge in [-0.15, -0.1) is 5.10 Å². The van der Waals surface area contributed by atoms with Crippen molar-refractivity contribution < 1.29 is 5.11 Å². The third-order valence-electron chi connectivity index (χ3n) is 6.80. The van der Waals surface area contributed by atoms with Gasteiger partial charge in [0.2, 0.25) is 0 Å². The van der Waals surface area contributed by atoms with Gasteiger partial charge in [0, 0.05) is 24.0 Å². The third kappa shape index (κ3) is 5.17. The largest absolute Gasteiger partial charge is 0.392 e. The van der Waals surface area contributed by atoms with Gasteiger partial charge >= 0.3 is 0 Å². The summed E-state index contributed by atoms with van der Waals surface area (Å²) >= 11 is 0. The minimum atomic E-state index is 0.00167. The van der Waals surface area contributed by atoms with Crippen molar-refractivity contribution in [1.82, 2.24) is 30.2 Å². The van der Waals surface area contributed by atoms with Crippen LogP contribution in [0.1, 0.15) is 47.6 Å². The van der Waals surface area contributed by atoms with Gasteiger partial charge in [0.1, 0.15) is 5.82 Å². The minimum Gasteiger partial charge on any atom is -0.392 e. The predicted molar refractivity (Wildman–Crippen MR) is 147 cm³/mol. The number of nitrogens with zero attached hydrogens (tertiary/aromatic N) is 5. The number of aromatic amines is 1. The molecule has 2 aromatic heterocycles. The molecule has 2 N–H and O–H groups in total. The van der Waals surface area contributed by atoms with Crippen molar-refractivity contribution in [3.05, 3.63) is 117 Å². The number of benzene rings is 3. The summed E-state index contributed by atoms with van der Waals surface area (Å²) in [5.41, 5.74) is 7.46. The van der Waals surface area contributed by atoms with Gasteiger partial charge in [0.15, 0.2) is 5.82 Å². The number of tetrazole rings is 1. The molecule has 0 amide bonds. The van der Waals surface area contributed by atoms with Gasteiger partial charge in [-0.25, -0.2) is 10.1 Å². The molecule has 0 saturated carbocycles. The second kappa shape index (κ2) is 11.3. The van der Waals surface area contributed by atoms with Crippen LogP contribution in [-0.4, -0.2) is 35.3 Å². The molecule has 3 aromatic carbocycles. The van der Waals surface area contributed by atoms with E-state index in [1.165, 1.54) is 0 Å². The molecule has 0 radical (unpaired) electrons. The number of H-pyrrole nitrogens is 1. The molecule has 0 fully saturated rings. The maximum atomic E-state index is 13.8. The summed E-state index contributed by atoms with van der Waals surface area (Å²) in [6.45, 7) is 4.52. The van der Waals surface area contributed by atoms with Crippen molar-refractivity contribution in [1.29, 1.82) is 0 Å². The maximum Gasteiger partial charge on any atom is 0.257 e. The third-order valence-corrected chi connectivity index (χ3v) is 6.80. The van der Waals surface area contributed by atoms with Gasteiger partial charge in [-0.05, 0) is 44.7 Å². The highest BCUT2D eigenvalue weighted by atomic mass is 16.3. The van der Waals surface area contributed by atoms with E-state index in [4.69, 9.17) is 4.98 Å². The highest BCUT2D eigenvalue weighted by molar-refractivity contribution is 5.80. The molecule has 8 nitrogen and oxygen atoms in total. The van der Waals surface area contributed by atoms with Crippen LogP contribution in [0.25, 0.3) is 22.5 Å². The molecule has 2 heterocycles. The van der Waals surface area contributed by atoms with Crippen molar-refractivity contribution >= 4 is 0 Å². The first-order chi connectivity index (χ1) is 18.6. The summed E-state index contributed by atoms with van der Waals surface area (Å²) in [5.74, 6) is 1.41. The molecule has 0 spiro atoms. The van der Waals surface area contributed by atoms with Crippen LogP contribution >= 0.6 is 0 Å². The van der Waals surface area contributed by atoms with E-state index in [2.05, 4.69) is 44.9 Å². The smallest absolute Gasteiger partial charge is 0.257 e. The Morgan fingerprint density at radius 3 is 2.16 bits per heavy atom. The summed E-state index contributed by atoms with van der Waals surface area (Å²) in [7, 11) is 0. The molecule has 5 rings (SSSR count). The second-order valence-corrected chi connectivity index (χ2v) is 9.20. The van der Waals surface area contributed by atoms with Crippen LogP contribution in [0, 0.1) is 0 Å². The molecule has 0 aliphatic heterocycles. The van der Waals surface area contributed by atoms with Crippen molar-refractivity contribution in [2.75, 3.05) is 0 Å². The number of aliphatic hydroxyl groups is 1. The second-order valence-electron chi connectivity index (χ2n) is 9.20. The van der Waals surface area contributed by atoms with Crippen molar-refractivity contribution in [3.63, 3.8) is 0 Å². The fourth-order valence-corrected chi connectivity index (χ4v) is 4.74. The van der Waals surface area contributed by atoms with E-state index in [9.17, 15) is 9.90 Å². The van der Waals surface area contributed by atoms with Crippen molar-refractivity contribution in [2.24, 2.45) is 0 Å². The molecule has 5 aromatic rings. The Balaban J connectivity index is 1.46. The van der Waals surface area contributed by atoms with Crippen molar-refractivity contribution in [3.8, 4) is 22.5 Å². The highest BCUT2D eigenvalue weighted by Gasteiger charge is 2.16. The Morgan fingerprint density at radius 2 is 1.53 bits per heavy atom. The minimum absolute atomic E-state index is 0.00167.